The largest absolute Gasteiger partial charge is 0.346 e. The van der Waals surface area contributed by atoms with Gasteiger partial charge in [0.25, 0.3) is 0 Å². The molecule has 0 spiro atoms. The zero-order valence-corrected chi connectivity index (χ0v) is 15.0. The Balaban J connectivity index is 1.41. The van der Waals surface area contributed by atoms with Gasteiger partial charge in [-0.15, -0.1) is 0 Å². The lowest BCUT2D eigenvalue weighted by Crippen LogP contribution is -2.27. The lowest BCUT2D eigenvalue weighted by atomic mass is 10.1. The third-order valence-corrected chi connectivity index (χ3v) is 7.11. The Hall–Kier alpha value is -1.14. The number of para-hydroxylation sites is 2. The third-order valence-electron chi connectivity index (χ3n) is 4.10. The summed E-state index contributed by atoms with van der Waals surface area (Å²) in [6.07, 6.45) is 5.29. The van der Waals surface area contributed by atoms with E-state index in [0.717, 1.165) is 34.9 Å². The van der Waals surface area contributed by atoms with Gasteiger partial charge in [0.2, 0.25) is 5.91 Å². The van der Waals surface area contributed by atoms with Crippen molar-refractivity contribution >= 4 is 38.5 Å². The van der Waals surface area contributed by atoms with Crippen molar-refractivity contribution in [1.29, 1.82) is 0 Å². The third kappa shape index (κ3) is 4.67. The molecule has 2 atom stereocenters. The minimum Gasteiger partial charge on any atom is -0.346 e. The van der Waals surface area contributed by atoms with Gasteiger partial charge >= 0.3 is 0 Å². The molecule has 0 bridgehead atoms. The molecule has 1 fully saturated rings. The topological polar surface area (TPSA) is 57.8 Å². The van der Waals surface area contributed by atoms with Crippen LogP contribution in [0.5, 0.6) is 0 Å². The molecule has 1 aromatic heterocycles. The molecule has 1 saturated heterocycles. The zero-order valence-electron chi connectivity index (χ0n) is 13.4. The van der Waals surface area contributed by atoms with E-state index in [9.17, 15) is 4.79 Å². The van der Waals surface area contributed by atoms with E-state index in [0.29, 0.717) is 6.42 Å². The molecule has 0 aliphatic carbocycles. The van der Waals surface area contributed by atoms with Crippen LogP contribution in [0, 0.1) is 0 Å². The van der Waals surface area contributed by atoms with Crippen molar-refractivity contribution in [3.63, 3.8) is 0 Å². The molecule has 0 radical (unpaired) electrons. The van der Waals surface area contributed by atoms with Gasteiger partial charge in [0.15, 0.2) is 0 Å². The maximum Gasteiger partial charge on any atom is 0.220 e. The highest BCUT2D eigenvalue weighted by Gasteiger charge is 2.16. The van der Waals surface area contributed by atoms with Gasteiger partial charge in [-0.1, -0.05) is 40.1 Å². The van der Waals surface area contributed by atoms with Crippen LogP contribution in [-0.2, 0) is 4.79 Å². The number of carbonyl (C=O) groups excluding carboxylic acids is 1. The zero-order chi connectivity index (χ0) is 16.1. The first-order valence-electron chi connectivity index (χ1n) is 8.24. The first-order chi connectivity index (χ1) is 11.2. The number of imidazole rings is 1. The molecule has 0 unspecified atom stereocenters. The number of hydrogen-bond donors (Lipinski definition) is 2. The maximum atomic E-state index is 12.1. The molecule has 1 aliphatic heterocycles. The quantitative estimate of drug-likeness (QED) is 0.572. The Kier molecular flexibility index (Phi) is 5.89. The van der Waals surface area contributed by atoms with E-state index in [2.05, 4.69) is 15.3 Å². The van der Waals surface area contributed by atoms with Crippen molar-refractivity contribution in [1.82, 2.24) is 15.3 Å². The molecular weight excluding hydrogens is 326 g/mol. The Morgan fingerprint density at radius 3 is 3.09 bits per heavy atom. The average Bonchev–Trinajstić information content (AvgIpc) is 3.20. The molecule has 124 valence electrons. The van der Waals surface area contributed by atoms with Gasteiger partial charge in [0.05, 0.1) is 17.1 Å². The van der Waals surface area contributed by atoms with Crippen molar-refractivity contribution < 1.29 is 4.79 Å². The minimum atomic E-state index is -0.0864. The van der Waals surface area contributed by atoms with Crippen LogP contribution in [0.4, 0.5) is 0 Å². The van der Waals surface area contributed by atoms with Crippen LogP contribution in [-0.4, -0.2) is 26.9 Å². The molecule has 2 N–H and O–H groups in total. The number of aromatic nitrogens is 2. The van der Waals surface area contributed by atoms with Crippen LogP contribution >= 0.6 is 21.6 Å². The fourth-order valence-corrected chi connectivity index (χ4v) is 5.81. The number of rotatable bonds is 7. The standard InChI is InChI=1S/C17H23N3OS2/c1-12(17-19-14-7-3-4-8-15(14)20-17)18-16(21)9-5-2-6-13-10-11-22-23-13/h3-4,7-8,12-13H,2,5-6,9-11H2,1H3,(H,18,21)(H,19,20)/t12-,13-/m0/s1. The van der Waals surface area contributed by atoms with Crippen LogP contribution in [0.2, 0.25) is 0 Å². The first-order valence-corrected chi connectivity index (χ1v) is 10.6. The number of nitrogens with one attached hydrogen (secondary N) is 2. The number of aromatic amines is 1. The number of hydrogen-bond acceptors (Lipinski definition) is 4. The highest BCUT2D eigenvalue weighted by molar-refractivity contribution is 8.77. The van der Waals surface area contributed by atoms with Crippen LogP contribution < -0.4 is 5.32 Å². The number of nitrogens with zero attached hydrogens (tertiary/aromatic N) is 1. The van der Waals surface area contributed by atoms with Crippen molar-refractivity contribution in [2.24, 2.45) is 0 Å². The monoisotopic (exact) mass is 349 g/mol. The van der Waals surface area contributed by atoms with Gasteiger partial charge in [-0.3, -0.25) is 4.79 Å². The molecule has 23 heavy (non-hydrogen) atoms. The van der Waals surface area contributed by atoms with E-state index in [1.165, 1.54) is 18.6 Å². The number of fused-ring (bicyclic) bond motifs is 1. The van der Waals surface area contributed by atoms with Crippen molar-refractivity contribution in [2.75, 3.05) is 5.75 Å². The van der Waals surface area contributed by atoms with Crippen LogP contribution in [0.25, 0.3) is 11.0 Å². The van der Waals surface area contributed by atoms with Gasteiger partial charge in [0, 0.05) is 17.4 Å². The number of H-pyrrole nitrogens is 1. The summed E-state index contributed by atoms with van der Waals surface area (Å²) in [5, 5.41) is 3.85. The summed E-state index contributed by atoms with van der Waals surface area (Å²) in [6.45, 7) is 1.97. The Bertz CT molecular complexity index is 619. The van der Waals surface area contributed by atoms with Crippen LogP contribution in [0.3, 0.4) is 0 Å². The van der Waals surface area contributed by atoms with Gasteiger partial charge < -0.3 is 10.3 Å². The summed E-state index contributed by atoms with van der Waals surface area (Å²) in [4.78, 5) is 19.9. The average molecular weight is 350 g/mol. The summed E-state index contributed by atoms with van der Waals surface area (Å²) in [7, 11) is 4.00. The number of unbranched alkanes of at least 4 members (excludes halogenated alkanes) is 1. The number of amides is 1. The molecule has 2 aromatic rings. The fraction of sp³-hybridized carbons (Fsp3) is 0.529. The first kappa shape index (κ1) is 16.7. The number of benzene rings is 1. The van der Waals surface area contributed by atoms with E-state index in [1.807, 2.05) is 52.8 Å². The van der Waals surface area contributed by atoms with Crippen molar-refractivity contribution in [3.8, 4) is 0 Å². The fourth-order valence-electron chi connectivity index (χ4n) is 2.78. The minimum absolute atomic E-state index is 0.0864. The summed E-state index contributed by atoms with van der Waals surface area (Å²) in [5.41, 5.74) is 1.95. The molecule has 3 rings (SSSR count). The molecule has 2 heterocycles. The molecular formula is C17H23N3OS2. The lowest BCUT2D eigenvalue weighted by Gasteiger charge is -2.12. The van der Waals surface area contributed by atoms with Crippen molar-refractivity contribution in [3.05, 3.63) is 30.1 Å². The molecule has 1 amide bonds. The second kappa shape index (κ2) is 8.11. The van der Waals surface area contributed by atoms with E-state index < -0.39 is 0 Å². The van der Waals surface area contributed by atoms with E-state index in [4.69, 9.17) is 0 Å². The highest BCUT2D eigenvalue weighted by Crippen LogP contribution is 2.39. The smallest absolute Gasteiger partial charge is 0.220 e. The molecule has 6 heteroatoms. The van der Waals surface area contributed by atoms with Gasteiger partial charge in [-0.05, 0) is 38.3 Å². The molecule has 0 saturated carbocycles. The van der Waals surface area contributed by atoms with Gasteiger partial charge in [0.1, 0.15) is 5.82 Å². The summed E-state index contributed by atoms with van der Waals surface area (Å²) in [5.74, 6) is 2.22. The number of carbonyl (C=O) groups is 1. The molecule has 1 aliphatic rings. The predicted molar refractivity (Wildman–Crippen MR) is 99.6 cm³/mol. The second-order valence-electron chi connectivity index (χ2n) is 6.00. The molecule has 4 nitrogen and oxygen atoms in total. The SMILES string of the molecule is C[C@H](NC(=O)CCCC[C@H]1CCSS1)c1nc2ccccc2[nH]1. The van der Waals surface area contributed by atoms with Gasteiger partial charge in [-0.25, -0.2) is 4.98 Å². The van der Waals surface area contributed by atoms with Gasteiger partial charge in [-0.2, -0.15) is 0 Å². The highest BCUT2D eigenvalue weighted by atomic mass is 33.1. The lowest BCUT2D eigenvalue weighted by molar-refractivity contribution is -0.121. The predicted octanol–water partition coefficient (Wildman–Crippen LogP) is 4.45. The van der Waals surface area contributed by atoms with E-state index in [-0.39, 0.29) is 11.9 Å². The van der Waals surface area contributed by atoms with Crippen LogP contribution in [0.1, 0.15) is 50.9 Å². The normalized spacial score (nSPS) is 19.1. The van der Waals surface area contributed by atoms with Crippen molar-refractivity contribution in [2.45, 2.75) is 50.3 Å². The Labute approximate surface area is 145 Å². The second-order valence-corrected chi connectivity index (χ2v) is 8.79. The van der Waals surface area contributed by atoms with E-state index >= 15 is 0 Å². The maximum absolute atomic E-state index is 12.1. The Morgan fingerprint density at radius 2 is 2.30 bits per heavy atom. The van der Waals surface area contributed by atoms with E-state index in [1.54, 1.807) is 0 Å². The van der Waals surface area contributed by atoms with Crippen LogP contribution in [0.15, 0.2) is 24.3 Å². The summed E-state index contributed by atoms with van der Waals surface area (Å²) in [6, 6.07) is 7.84. The summed E-state index contributed by atoms with van der Waals surface area (Å²) < 4.78 is 0. The molecule has 1 aromatic carbocycles. The summed E-state index contributed by atoms with van der Waals surface area (Å²) >= 11 is 0. The Morgan fingerprint density at radius 1 is 1.43 bits per heavy atom.